The van der Waals surface area contributed by atoms with Crippen molar-refractivity contribution < 1.29 is 10.0 Å². The number of nitrogens with one attached hydrogen (secondary N) is 2. The van der Waals surface area contributed by atoms with Crippen LogP contribution in [0.15, 0.2) is 12.1 Å². The second-order valence-corrected chi connectivity index (χ2v) is 4.84. The van der Waals surface area contributed by atoms with E-state index in [-0.39, 0.29) is 18.1 Å². The number of nitrogens with two attached hydrogens (primary N) is 1. The lowest BCUT2D eigenvalue weighted by molar-refractivity contribution is -0.384. The zero-order valence-electron chi connectivity index (χ0n) is 10.3. The second-order valence-electron chi connectivity index (χ2n) is 3.61. The molecule has 1 aromatic heterocycles. The van der Waals surface area contributed by atoms with Crippen LogP contribution in [0.25, 0.3) is 0 Å². The number of aromatic nitrogens is 1. The summed E-state index contributed by atoms with van der Waals surface area (Å²) in [7, 11) is 0. The molecular formula is C10H17N5O3S. The zero-order valence-corrected chi connectivity index (χ0v) is 11.2. The van der Waals surface area contributed by atoms with Crippen molar-refractivity contribution in [2.45, 2.75) is 6.42 Å². The van der Waals surface area contributed by atoms with Crippen LogP contribution < -0.4 is 16.6 Å². The minimum Gasteiger partial charge on any atom is -0.396 e. The van der Waals surface area contributed by atoms with Crippen LogP contribution in [-0.2, 0) is 0 Å². The summed E-state index contributed by atoms with van der Waals surface area (Å²) in [5.41, 5.74) is 2.22. The van der Waals surface area contributed by atoms with Crippen molar-refractivity contribution >= 4 is 29.1 Å². The van der Waals surface area contributed by atoms with Gasteiger partial charge in [0.25, 0.3) is 5.69 Å². The molecule has 5 N–H and O–H groups in total. The molecular weight excluding hydrogens is 270 g/mol. The molecule has 0 aliphatic carbocycles. The highest BCUT2D eigenvalue weighted by Crippen LogP contribution is 2.19. The van der Waals surface area contributed by atoms with Crippen molar-refractivity contribution in [1.29, 1.82) is 0 Å². The van der Waals surface area contributed by atoms with Gasteiger partial charge in [0.1, 0.15) is 11.6 Å². The molecule has 0 fully saturated rings. The summed E-state index contributed by atoms with van der Waals surface area (Å²) in [4.78, 5) is 14.3. The summed E-state index contributed by atoms with van der Waals surface area (Å²) < 4.78 is 0. The summed E-state index contributed by atoms with van der Waals surface area (Å²) >= 11 is 1.69. The Morgan fingerprint density at radius 1 is 1.42 bits per heavy atom. The van der Waals surface area contributed by atoms with E-state index >= 15 is 0 Å². The zero-order chi connectivity index (χ0) is 14.1. The van der Waals surface area contributed by atoms with E-state index < -0.39 is 4.92 Å². The Labute approximate surface area is 114 Å². The summed E-state index contributed by atoms with van der Waals surface area (Å²) in [5, 5.41) is 22.3. The fraction of sp³-hybridized carbons (Fsp3) is 0.500. The maximum Gasteiger partial charge on any atom is 0.276 e. The first-order valence-electron chi connectivity index (χ1n) is 5.73. The van der Waals surface area contributed by atoms with Crippen LogP contribution >= 0.6 is 11.8 Å². The second kappa shape index (κ2) is 8.51. The molecule has 0 bridgehead atoms. The van der Waals surface area contributed by atoms with Crippen molar-refractivity contribution in [2.24, 2.45) is 5.84 Å². The first-order chi connectivity index (χ1) is 9.17. The van der Waals surface area contributed by atoms with E-state index in [1.165, 1.54) is 12.1 Å². The molecule has 0 amide bonds. The van der Waals surface area contributed by atoms with Gasteiger partial charge in [0, 0.05) is 18.9 Å². The number of hydrogen-bond donors (Lipinski definition) is 4. The Bertz CT molecular complexity index is 418. The van der Waals surface area contributed by atoms with Crippen molar-refractivity contribution in [1.82, 2.24) is 4.98 Å². The number of hydrazine groups is 1. The monoisotopic (exact) mass is 287 g/mol. The fourth-order valence-corrected chi connectivity index (χ4v) is 2.09. The molecule has 1 aromatic rings. The molecule has 0 radical (unpaired) electrons. The quantitative estimate of drug-likeness (QED) is 0.227. The van der Waals surface area contributed by atoms with E-state index in [1.54, 1.807) is 11.8 Å². The van der Waals surface area contributed by atoms with Gasteiger partial charge in [0.2, 0.25) is 0 Å². The molecule has 0 saturated heterocycles. The lowest BCUT2D eigenvalue weighted by Gasteiger charge is -2.07. The molecule has 0 aliphatic heterocycles. The highest BCUT2D eigenvalue weighted by atomic mass is 32.2. The van der Waals surface area contributed by atoms with Gasteiger partial charge in [-0.2, -0.15) is 11.8 Å². The number of aliphatic hydroxyl groups is 1. The predicted octanol–water partition coefficient (Wildman–Crippen LogP) is 0.803. The average Bonchev–Trinajstić information content (AvgIpc) is 2.42. The first-order valence-corrected chi connectivity index (χ1v) is 6.88. The van der Waals surface area contributed by atoms with Gasteiger partial charge in [0.15, 0.2) is 0 Å². The molecule has 19 heavy (non-hydrogen) atoms. The molecule has 1 rings (SSSR count). The van der Waals surface area contributed by atoms with Gasteiger partial charge < -0.3 is 15.8 Å². The van der Waals surface area contributed by atoms with Crippen molar-refractivity contribution in [3.05, 3.63) is 22.2 Å². The smallest absolute Gasteiger partial charge is 0.276 e. The van der Waals surface area contributed by atoms with Crippen molar-refractivity contribution in [2.75, 3.05) is 35.4 Å². The number of rotatable bonds is 9. The number of nitrogen functional groups attached to an aromatic ring is 1. The van der Waals surface area contributed by atoms with Crippen LogP contribution in [0.1, 0.15) is 6.42 Å². The Morgan fingerprint density at radius 2 is 2.16 bits per heavy atom. The summed E-state index contributed by atoms with van der Waals surface area (Å²) in [5.74, 6) is 7.57. The van der Waals surface area contributed by atoms with E-state index in [0.717, 1.165) is 17.9 Å². The minimum absolute atomic E-state index is 0.0709. The van der Waals surface area contributed by atoms with E-state index in [9.17, 15) is 10.1 Å². The molecule has 0 atom stereocenters. The lowest BCUT2D eigenvalue weighted by Crippen LogP contribution is -2.12. The maximum atomic E-state index is 10.7. The Hall–Kier alpha value is -1.58. The highest BCUT2D eigenvalue weighted by molar-refractivity contribution is 7.99. The third-order valence-corrected chi connectivity index (χ3v) is 3.24. The Kier molecular flexibility index (Phi) is 6.93. The van der Waals surface area contributed by atoms with Crippen LogP contribution in [0.5, 0.6) is 0 Å². The van der Waals surface area contributed by atoms with Crippen LogP contribution in [-0.4, -0.2) is 39.7 Å². The van der Waals surface area contributed by atoms with Crippen LogP contribution in [0, 0.1) is 10.1 Å². The van der Waals surface area contributed by atoms with Gasteiger partial charge in [-0.25, -0.2) is 10.8 Å². The minimum atomic E-state index is -0.496. The molecule has 8 nitrogen and oxygen atoms in total. The summed E-state index contributed by atoms with van der Waals surface area (Å²) in [6.45, 7) is 0.826. The molecule has 0 unspecified atom stereocenters. The Morgan fingerprint density at radius 3 is 2.79 bits per heavy atom. The molecule has 0 aliphatic rings. The van der Waals surface area contributed by atoms with E-state index in [1.807, 2.05) is 0 Å². The van der Waals surface area contributed by atoms with Gasteiger partial charge in [-0.15, -0.1) is 0 Å². The molecule has 1 heterocycles. The first kappa shape index (κ1) is 15.5. The van der Waals surface area contributed by atoms with Gasteiger partial charge >= 0.3 is 0 Å². The molecule has 0 spiro atoms. The van der Waals surface area contributed by atoms with Gasteiger partial charge in [-0.1, -0.05) is 0 Å². The van der Waals surface area contributed by atoms with Gasteiger partial charge in [-0.05, 0) is 12.2 Å². The lowest BCUT2D eigenvalue weighted by atomic mass is 10.3. The topological polar surface area (TPSA) is 126 Å². The highest BCUT2D eigenvalue weighted by Gasteiger charge is 2.10. The van der Waals surface area contributed by atoms with Gasteiger partial charge in [0.05, 0.1) is 17.1 Å². The van der Waals surface area contributed by atoms with Crippen molar-refractivity contribution in [3.8, 4) is 0 Å². The van der Waals surface area contributed by atoms with Crippen molar-refractivity contribution in [3.63, 3.8) is 0 Å². The molecule has 9 heteroatoms. The standard InChI is InChI=1S/C10H17N5O3S/c11-14-10-7-8(15(17)18)6-9(13-10)12-2-5-19-4-1-3-16/h6-7,16H,1-5,11H2,(H2,12,13,14). The molecule has 106 valence electrons. The third-order valence-electron chi connectivity index (χ3n) is 2.17. The molecule has 0 saturated carbocycles. The summed E-state index contributed by atoms with van der Waals surface area (Å²) in [6, 6.07) is 2.63. The van der Waals surface area contributed by atoms with E-state index in [2.05, 4.69) is 15.7 Å². The largest absolute Gasteiger partial charge is 0.396 e. The van der Waals surface area contributed by atoms with Crippen LogP contribution in [0.2, 0.25) is 0 Å². The van der Waals surface area contributed by atoms with Crippen LogP contribution in [0.4, 0.5) is 17.3 Å². The van der Waals surface area contributed by atoms with E-state index in [4.69, 9.17) is 10.9 Å². The molecule has 0 aromatic carbocycles. The fourth-order valence-electron chi connectivity index (χ4n) is 1.31. The number of nitro groups is 1. The third kappa shape index (κ3) is 5.73. The summed E-state index contributed by atoms with van der Waals surface area (Å²) in [6.07, 6.45) is 0.765. The number of thioether (sulfide) groups is 1. The average molecular weight is 287 g/mol. The number of anilines is 2. The maximum absolute atomic E-state index is 10.7. The number of hydrogen-bond acceptors (Lipinski definition) is 8. The van der Waals surface area contributed by atoms with Crippen LogP contribution in [0.3, 0.4) is 0 Å². The number of aliphatic hydroxyl groups excluding tert-OH is 1. The van der Waals surface area contributed by atoms with Gasteiger partial charge in [-0.3, -0.25) is 10.1 Å². The Balaban J connectivity index is 2.48. The normalized spacial score (nSPS) is 10.2. The SMILES string of the molecule is NNc1cc([N+](=O)[O-])cc(NCCSCCCO)n1. The number of nitrogens with zero attached hydrogens (tertiary/aromatic N) is 2. The number of pyridine rings is 1. The van der Waals surface area contributed by atoms with E-state index in [0.29, 0.717) is 12.4 Å². The predicted molar refractivity (Wildman–Crippen MR) is 76.2 cm³/mol.